The SMILES string of the molecule is Cc1ccc(OCC(O)CNC2CC2)cc1C.Cl. The van der Waals surface area contributed by atoms with Crippen LogP contribution in [0.2, 0.25) is 0 Å². The Morgan fingerprint density at radius 1 is 1.33 bits per heavy atom. The van der Waals surface area contributed by atoms with Gasteiger partial charge in [-0.3, -0.25) is 0 Å². The van der Waals surface area contributed by atoms with Crippen LogP contribution in [0.3, 0.4) is 0 Å². The van der Waals surface area contributed by atoms with E-state index in [0.717, 1.165) is 5.75 Å². The molecule has 18 heavy (non-hydrogen) atoms. The van der Waals surface area contributed by atoms with Crippen LogP contribution in [0.5, 0.6) is 5.75 Å². The van der Waals surface area contributed by atoms with Crippen molar-refractivity contribution in [2.24, 2.45) is 0 Å². The molecule has 2 rings (SSSR count). The number of rotatable bonds is 6. The van der Waals surface area contributed by atoms with Gasteiger partial charge in [0, 0.05) is 12.6 Å². The van der Waals surface area contributed by atoms with E-state index >= 15 is 0 Å². The third-order valence-electron chi connectivity index (χ3n) is 3.14. The molecule has 1 unspecified atom stereocenters. The number of aliphatic hydroxyl groups excluding tert-OH is 1. The van der Waals surface area contributed by atoms with Gasteiger partial charge < -0.3 is 15.2 Å². The largest absolute Gasteiger partial charge is 0.491 e. The van der Waals surface area contributed by atoms with Crippen LogP contribution < -0.4 is 10.1 Å². The van der Waals surface area contributed by atoms with Crippen LogP contribution in [0.25, 0.3) is 0 Å². The van der Waals surface area contributed by atoms with Gasteiger partial charge in [-0.1, -0.05) is 6.07 Å². The van der Waals surface area contributed by atoms with Gasteiger partial charge in [-0.15, -0.1) is 12.4 Å². The Morgan fingerprint density at radius 3 is 2.67 bits per heavy atom. The van der Waals surface area contributed by atoms with Gasteiger partial charge in [-0.2, -0.15) is 0 Å². The van der Waals surface area contributed by atoms with Crippen molar-refractivity contribution in [3.63, 3.8) is 0 Å². The smallest absolute Gasteiger partial charge is 0.119 e. The van der Waals surface area contributed by atoms with Gasteiger partial charge in [0.25, 0.3) is 0 Å². The van der Waals surface area contributed by atoms with E-state index in [1.54, 1.807) is 0 Å². The van der Waals surface area contributed by atoms with Gasteiger partial charge in [0.05, 0.1) is 0 Å². The summed E-state index contributed by atoms with van der Waals surface area (Å²) in [5.74, 6) is 0.832. The van der Waals surface area contributed by atoms with Gasteiger partial charge >= 0.3 is 0 Å². The third kappa shape index (κ3) is 4.84. The molecule has 1 aliphatic rings. The molecule has 3 nitrogen and oxygen atoms in total. The highest BCUT2D eigenvalue weighted by atomic mass is 35.5. The van der Waals surface area contributed by atoms with E-state index in [0.29, 0.717) is 19.2 Å². The first kappa shape index (κ1) is 15.3. The molecule has 1 aromatic carbocycles. The average Bonchev–Trinajstić information content (AvgIpc) is 3.12. The second kappa shape index (κ2) is 6.98. The predicted molar refractivity (Wildman–Crippen MR) is 75.7 cm³/mol. The molecule has 1 saturated carbocycles. The Bertz CT molecular complexity index is 380. The summed E-state index contributed by atoms with van der Waals surface area (Å²) >= 11 is 0. The minimum Gasteiger partial charge on any atom is -0.491 e. The van der Waals surface area contributed by atoms with E-state index in [-0.39, 0.29) is 12.4 Å². The van der Waals surface area contributed by atoms with E-state index in [1.165, 1.54) is 24.0 Å². The van der Waals surface area contributed by atoms with Crippen LogP contribution in [0, 0.1) is 13.8 Å². The first-order valence-corrected chi connectivity index (χ1v) is 6.26. The Kier molecular flexibility index (Phi) is 5.93. The molecule has 1 aromatic rings. The number of aliphatic hydroxyl groups is 1. The molecule has 0 bridgehead atoms. The van der Waals surface area contributed by atoms with Crippen molar-refractivity contribution in [3.05, 3.63) is 29.3 Å². The van der Waals surface area contributed by atoms with Gasteiger partial charge in [0.1, 0.15) is 18.5 Å². The average molecular weight is 272 g/mol. The zero-order valence-electron chi connectivity index (χ0n) is 11.0. The summed E-state index contributed by atoms with van der Waals surface area (Å²) in [6.45, 7) is 5.11. The Hall–Kier alpha value is -0.770. The molecule has 0 heterocycles. The second-order valence-corrected chi connectivity index (χ2v) is 4.89. The number of nitrogens with one attached hydrogen (secondary N) is 1. The van der Waals surface area contributed by atoms with Crippen LogP contribution in [0.4, 0.5) is 0 Å². The molecular formula is C14H22ClNO2. The quantitative estimate of drug-likeness (QED) is 0.834. The molecule has 4 heteroatoms. The summed E-state index contributed by atoms with van der Waals surface area (Å²) in [4.78, 5) is 0. The maximum atomic E-state index is 9.72. The molecule has 0 radical (unpaired) electrons. The number of benzene rings is 1. The monoisotopic (exact) mass is 271 g/mol. The van der Waals surface area contributed by atoms with Crippen LogP contribution in [-0.4, -0.2) is 30.4 Å². The van der Waals surface area contributed by atoms with E-state index in [9.17, 15) is 5.11 Å². The van der Waals surface area contributed by atoms with Crippen molar-refractivity contribution in [1.29, 1.82) is 0 Å². The minimum atomic E-state index is -0.433. The van der Waals surface area contributed by atoms with E-state index in [2.05, 4.69) is 19.2 Å². The molecule has 1 atom stereocenters. The highest BCUT2D eigenvalue weighted by Crippen LogP contribution is 2.19. The number of hydrogen-bond acceptors (Lipinski definition) is 3. The maximum Gasteiger partial charge on any atom is 0.119 e. The number of ether oxygens (including phenoxy) is 1. The van der Waals surface area contributed by atoms with Gasteiger partial charge in [0.2, 0.25) is 0 Å². The zero-order valence-corrected chi connectivity index (χ0v) is 11.8. The number of aryl methyl sites for hydroxylation is 2. The number of halogens is 1. The second-order valence-electron chi connectivity index (χ2n) is 4.89. The topological polar surface area (TPSA) is 41.5 Å². The van der Waals surface area contributed by atoms with E-state index in [1.807, 2.05) is 18.2 Å². The molecule has 1 aliphatic carbocycles. The molecular weight excluding hydrogens is 250 g/mol. The Morgan fingerprint density at radius 2 is 2.06 bits per heavy atom. The van der Waals surface area contributed by atoms with Gasteiger partial charge in [0.15, 0.2) is 0 Å². The van der Waals surface area contributed by atoms with Crippen molar-refractivity contribution in [2.45, 2.75) is 38.8 Å². The lowest BCUT2D eigenvalue weighted by molar-refractivity contribution is 0.106. The number of hydrogen-bond donors (Lipinski definition) is 2. The summed E-state index contributed by atoms with van der Waals surface area (Å²) < 4.78 is 5.57. The van der Waals surface area contributed by atoms with E-state index in [4.69, 9.17) is 4.74 Å². The van der Waals surface area contributed by atoms with Crippen molar-refractivity contribution in [3.8, 4) is 5.75 Å². The van der Waals surface area contributed by atoms with Crippen LogP contribution in [-0.2, 0) is 0 Å². The van der Waals surface area contributed by atoms with Crippen molar-refractivity contribution in [2.75, 3.05) is 13.2 Å². The fourth-order valence-electron chi connectivity index (χ4n) is 1.65. The lowest BCUT2D eigenvalue weighted by Gasteiger charge is -2.13. The Balaban J connectivity index is 0.00000162. The molecule has 0 spiro atoms. The first-order chi connectivity index (χ1) is 8.15. The summed E-state index contributed by atoms with van der Waals surface area (Å²) in [7, 11) is 0. The van der Waals surface area contributed by atoms with Crippen molar-refractivity contribution in [1.82, 2.24) is 5.32 Å². The molecule has 1 fully saturated rings. The third-order valence-corrected chi connectivity index (χ3v) is 3.14. The Labute approximate surface area is 115 Å². The predicted octanol–water partition coefficient (Wildman–Crippen LogP) is 2.22. The van der Waals surface area contributed by atoms with Gasteiger partial charge in [-0.25, -0.2) is 0 Å². The summed E-state index contributed by atoms with van der Waals surface area (Å²) in [6.07, 6.45) is 2.05. The lowest BCUT2D eigenvalue weighted by atomic mass is 10.1. The zero-order chi connectivity index (χ0) is 12.3. The lowest BCUT2D eigenvalue weighted by Crippen LogP contribution is -2.32. The normalized spacial score (nSPS) is 15.9. The minimum absolute atomic E-state index is 0. The van der Waals surface area contributed by atoms with Crippen LogP contribution in [0.15, 0.2) is 18.2 Å². The molecule has 0 saturated heterocycles. The van der Waals surface area contributed by atoms with Crippen LogP contribution in [0.1, 0.15) is 24.0 Å². The standard InChI is InChI=1S/C14H21NO2.ClH/c1-10-3-6-14(7-11(10)2)17-9-13(16)8-15-12-4-5-12;/h3,6-7,12-13,15-16H,4-5,8-9H2,1-2H3;1H. The van der Waals surface area contributed by atoms with Crippen LogP contribution >= 0.6 is 12.4 Å². The summed E-state index contributed by atoms with van der Waals surface area (Å²) in [5.41, 5.74) is 2.47. The first-order valence-electron chi connectivity index (χ1n) is 6.26. The fraction of sp³-hybridized carbons (Fsp3) is 0.571. The molecule has 2 N–H and O–H groups in total. The summed E-state index contributed by atoms with van der Waals surface area (Å²) in [6, 6.07) is 6.63. The highest BCUT2D eigenvalue weighted by Gasteiger charge is 2.21. The van der Waals surface area contributed by atoms with E-state index < -0.39 is 6.10 Å². The maximum absolute atomic E-state index is 9.72. The van der Waals surface area contributed by atoms with Crippen molar-refractivity contribution >= 4 is 12.4 Å². The fourth-order valence-corrected chi connectivity index (χ4v) is 1.65. The van der Waals surface area contributed by atoms with Crippen molar-refractivity contribution < 1.29 is 9.84 Å². The molecule has 0 aliphatic heterocycles. The molecule has 0 amide bonds. The van der Waals surface area contributed by atoms with Gasteiger partial charge in [-0.05, 0) is 49.9 Å². The summed E-state index contributed by atoms with van der Waals surface area (Å²) in [5, 5.41) is 13.0. The molecule has 102 valence electrons. The molecule has 0 aromatic heterocycles. The highest BCUT2D eigenvalue weighted by molar-refractivity contribution is 5.85.